The lowest BCUT2D eigenvalue weighted by molar-refractivity contribution is -0.0548. The molecule has 0 unspecified atom stereocenters. The van der Waals surface area contributed by atoms with E-state index in [2.05, 4.69) is 27.0 Å². The summed E-state index contributed by atoms with van der Waals surface area (Å²) in [7, 11) is 0. The fourth-order valence-electron chi connectivity index (χ4n) is 3.96. The van der Waals surface area contributed by atoms with Gasteiger partial charge in [-0.05, 0) is 54.8 Å². The number of ether oxygens (including phenoxy) is 2. The van der Waals surface area contributed by atoms with Gasteiger partial charge in [0.2, 0.25) is 0 Å². The van der Waals surface area contributed by atoms with Crippen molar-refractivity contribution in [2.24, 2.45) is 0 Å². The van der Waals surface area contributed by atoms with E-state index in [4.69, 9.17) is 9.47 Å². The molecule has 2 atom stereocenters. The number of nitrogens with zero attached hydrogens (tertiary/aromatic N) is 3. The predicted octanol–water partition coefficient (Wildman–Crippen LogP) is 2.82. The summed E-state index contributed by atoms with van der Waals surface area (Å²) in [5.41, 5.74) is 2.45. The maximum atomic E-state index is 6.26. The minimum absolute atomic E-state index is 0.0335. The average Bonchev–Trinajstić information content (AvgIpc) is 3.04. The van der Waals surface area contributed by atoms with Crippen LogP contribution in [0, 0.1) is 0 Å². The Labute approximate surface area is 149 Å². The number of piperidine rings is 1. The molecule has 0 aliphatic carbocycles. The molecule has 0 radical (unpaired) electrons. The molecule has 25 heavy (non-hydrogen) atoms. The van der Waals surface area contributed by atoms with Crippen molar-refractivity contribution in [3.63, 3.8) is 0 Å². The maximum Gasteiger partial charge on any atom is 0.0841 e. The lowest BCUT2D eigenvalue weighted by atomic mass is 9.89. The van der Waals surface area contributed by atoms with Gasteiger partial charge in [0, 0.05) is 44.3 Å². The Bertz CT molecular complexity index is 667. The molecule has 2 aliphatic heterocycles. The second-order valence-corrected chi connectivity index (χ2v) is 7.16. The summed E-state index contributed by atoms with van der Waals surface area (Å²) in [6, 6.07) is 8.19. The first kappa shape index (κ1) is 16.6. The lowest BCUT2D eigenvalue weighted by Gasteiger charge is -2.39. The van der Waals surface area contributed by atoms with Gasteiger partial charge in [-0.2, -0.15) is 0 Å². The first-order valence-corrected chi connectivity index (χ1v) is 9.07. The normalized spacial score (nSPS) is 27.0. The fraction of sp³-hybridized carbons (Fsp3) is 0.500. The molecule has 2 aliphatic rings. The van der Waals surface area contributed by atoms with E-state index in [9.17, 15) is 0 Å². The summed E-state index contributed by atoms with van der Waals surface area (Å²) in [6.45, 7) is 4.43. The van der Waals surface area contributed by atoms with E-state index in [1.54, 1.807) is 0 Å². The first-order chi connectivity index (χ1) is 12.3. The van der Waals surface area contributed by atoms with Crippen LogP contribution in [-0.4, -0.2) is 46.3 Å². The molecular formula is C20H25N3O2. The van der Waals surface area contributed by atoms with Gasteiger partial charge in [0.05, 0.1) is 24.9 Å². The van der Waals surface area contributed by atoms with Gasteiger partial charge in [0.15, 0.2) is 0 Å². The van der Waals surface area contributed by atoms with Gasteiger partial charge in [-0.1, -0.05) is 0 Å². The average molecular weight is 339 g/mol. The van der Waals surface area contributed by atoms with Gasteiger partial charge in [-0.15, -0.1) is 0 Å². The third kappa shape index (κ3) is 4.24. The summed E-state index contributed by atoms with van der Waals surface area (Å²) in [6.07, 6.45) is 10.8. The van der Waals surface area contributed by atoms with Crippen LogP contribution < -0.4 is 0 Å². The van der Waals surface area contributed by atoms with Crippen LogP contribution in [0.5, 0.6) is 0 Å². The Morgan fingerprint density at radius 1 is 1.08 bits per heavy atom. The van der Waals surface area contributed by atoms with Gasteiger partial charge in [-0.25, -0.2) is 0 Å². The highest BCUT2D eigenvalue weighted by atomic mass is 16.6. The van der Waals surface area contributed by atoms with E-state index in [-0.39, 0.29) is 11.7 Å². The Hall–Kier alpha value is -1.82. The molecule has 2 aromatic rings. The van der Waals surface area contributed by atoms with Crippen LogP contribution in [0.4, 0.5) is 0 Å². The van der Waals surface area contributed by atoms with Crippen LogP contribution >= 0.6 is 0 Å². The molecule has 2 aromatic heterocycles. The number of hydrogen-bond donors (Lipinski definition) is 0. The van der Waals surface area contributed by atoms with Gasteiger partial charge >= 0.3 is 0 Å². The minimum Gasteiger partial charge on any atom is -0.371 e. The largest absolute Gasteiger partial charge is 0.371 e. The number of rotatable bonds is 5. The zero-order chi connectivity index (χ0) is 17.0. The Morgan fingerprint density at radius 2 is 1.80 bits per heavy atom. The molecule has 4 rings (SSSR count). The zero-order valence-corrected chi connectivity index (χ0v) is 14.5. The van der Waals surface area contributed by atoms with Crippen molar-refractivity contribution in [2.45, 2.75) is 44.1 Å². The Morgan fingerprint density at radius 3 is 2.56 bits per heavy atom. The topological polar surface area (TPSA) is 47.5 Å². The van der Waals surface area contributed by atoms with Gasteiger partial charge in [0.1, 0.15) is 0 Å². The second kappa shape index (κ2) is 7.60. The molecule has 0 N–H and O–H groups in total. The molecule has 2 fully saturated rings. The number of aromatic nitrogens is 2. The molecule has 0 aromatic carbocycles. The monoisotopic (exact) mass is 339 g/mol. The van der Waals surface area contributed by atoms with E-state index in [1.807, 2.05) is 36.9 Å². The van der Waals surface area contributed by atoms with Crippen molar-refractivity contribution in [1.82, 2.24) is 14.9 Å². The minimum atomic E-state index is -0.0335. The Balaban J connectivity index is 1.31. The highest BCUT2D eigenvalue weighted by Gasteiger charge is 2.43. The smallest absolute Gasteiger partial charge is 0.0841 e. The third-order valence-corrected chi connectivity index (χ3v) is 5.18. The molecule has 0 bridgehead atoms. The van der Waals surface area contributed by atoms with Crippen molar-refractivity contribution in [2.75, 3.05) is 19.7 Å². The third-order valence-electron chi connectivity index (χ3n) is 5.18. The summed E-state index contributed by atoms with van der Waals surface area (Å²) in [4.78, 5) is 10.7. The maximum absolute atomic E-state index is 6.26. The molecule has 0 amide bonds. The second-order valence-electron chi connectivity index (χ2n) is 7.16. The Kier molecular flexibility index (Phi) is 5.06. The van der Waals surface area contributed by atoms with Gasteiger partial charge in [-0.3, -0.25) is 14.9 Å². The van der Waals surface area contributed by atoms with Gasteiger partial charge in [0.25, 0.3) is 0 Å². The number of pyridine rings is 2. The van der Waals surface area contributed by atoms with Crippen LogP contribution in [0.3, 0.4) is 0 Å². The predicted molar refractivity (Wildman–Crippen MR) is 94.9 cm³/mol. The highest BCUT2D eigenvalue weighted by Crippen LogP contribution is 2.36. The summed E-state index contributed by atoms with van der Waals surface area (Å²) >= 11 is 0. The number of hydrogen-bond acceptors (Lipinski definition) is 5. The van der Waals surface area contributed by atoms with Crippen LogP contribution in [0.1, 0.15) is 30.4 Å². The first-order valence-electron chi connectivity index (χ1n) is 9.07. The van der Waals surface area contributed by atoms with E-state index in [0.29, 0.717) is 13.2 Å². The molecule has 1 spiro atoms. The van der Waals surface area contributed by atoms with Crippen molar-refractivity contribution in [1.29, 1.82) is 0 Å². The summed E-state index contributed by atoms with van der Waals surface area (Å²) < 4.78 is 12.3. The molecule has 5 heteroatoms. The highest BCUT2D eigenvalue weighted by molar-refractivity contribution is 5.10. The van der Waals surface area contributed by atoms with Gasteiger partial charge < -0.3 is 9.47 Å². The van der Waals surface area contributed by atoms with Crippen LogP contribution in [0.2, 0.25) is 0 Å². The SMILES string of the molecule is c1cc(CO[C@@H]2CO[C@]3(CCCN(Cc4ccncc4)C3)C2)ccn1. The van der Waals surface area contributed by atoms with E-state index >= 15 is 0 Å². The van der Waals surface area contributed by atoms with Crippen molar-refractivity contribution >= 4 is 0 Å². The molecule has 0 saturated carbocycles. The lowest BCUT2D eigenvalue weighted by Crippen LogP contribution is -2.47. The quantitative estimate of drug-likeness (QED) is 0.838. The van der Waals surface area contributed by atoms with Crippen LogP contribution in [-0.2, 0) is 22.6 Å². The van der Waals surface area contributed by atoms with Crippen molar-refractivity contribution in [3.8, 4) is 0 Å². The summed E-state index contributed by atoms with van der Waals surface area (Å²) in [5.74, 6) is 0. The fourth-order valence-corrected chi connectivity index (χ4v) is 3.96. The molecule has 4 heterocycles. The van der Waals surface area contributed by atoms with Crippen molar-refractivity contribution in [3.05, 3.63) is 60.2 Å². The standard InChI is InChI=1S/C20H25N3O2/c1-6-20(16-23(11-1)13-17-2-7-21-8-3-17)12-19(15-25-20)24-14-18-4-9-22-10-5-18/h2-5,7-10,19H,1,6,11-16H2/t19-,20+/m0/s1. The molecular weight excluding hydrogens is 314 g/mol. The molecule has 2 saturated heterocycles. The van der Waals surface area contributed by atoms with E-state index < -0.39 is 0 Å². The van der Waals surface area contributed by atoms with Crippen LogP contribution in [0.15, 0.2) is 49.1 Å². The van der Waals surface area contributed by atoms with Crippen LogP contribution in [0.25, 0.3) is 0 Å². The van der Waals surface area contributed by atoms with E-state index in [0.717, 1.165) is 32.5 Å². The number of likely N-dealkylation sites (tertiary alicyclic amines) is 1. The molecule has 132 valence electrons. The zero-order valence-electron chi connectivity index (χ0n) is 14.5. The molecule has 5 nitrogen and oxygen atoms in total. The summed E-state index contributed by atoms with van der Waals surface area (Å²) in [5, 5.41) is 0. The van der Waals surface area contributed by atoms with Crippen molar-refractivity contribution < 1.29 is 9.47 Å². The van der Waals surface area contributed by atoms with E-state index in [1.165, 1.54) is 17.5 Å².